The number of carbonyl (C=O) groups excluding carboxylic acids is 1. The Bertz CT molecular complexity index is 1150. The van der Waals surface area contributed by atoms with Gasteiger partial charge in [-0.3, -0.25) is 4.98 Å². The van der Waals surface area contributed by atoms with Gasteiger partial charge in [-0.2, -0.15) is 5.10 Å². The fourth-order valence-electron chi connectivity index (χ4n) is 3.33. The maximum atomic E-state index is 12.8. The van der Waals surface area contributed by atoms with Gasteiger partial charge in [0.25, 0.3) is 0 Å². The summed E-state index contributed by atoms with van der Waals surface area (Å²) in [7, 11) is 0. The summed E-state index contributed by atoms with van der Waals surface area (Å²) in [6, 6.07) is 21.3. The molecule has 5 nitrogen and oxygen atoms in total. The van der Waals surface area contributed by atoms with Gasteiger partial charge in [0.05, 0.1) is 16.8 Å². The summed E-state index contributed by atoms with van der Waals surface area (Å²) in [4.78, 5) is 17.5. The lowest BCUT2D eigenvalue weighted by Gasteiger charge is -2.09. The molecule has 0 atom stereocenters. The smallest absolute Gasteiger partial charge is 0.339 e. The quantitative estimate of drug-likeness (QED) is 0.480. The molecule has 1 fully saturated rings. The largest absolute Gasteiger partial charge is 0.455 e. The fourth-order valence-corrected chi connectivity index (χ4v) is 3.33. The first kappa shape index (κ1) is 16.7. The first-order valence-corrected chi connectivity index (χ1v) is 9.45. The van der Waals surface area contributed by atoms with Crippen molar-refractivity contribution in [3.8, 4) is 5.69 Å². The Morgan fingerprint density at radius 1 is 1.04 bits per heavy atom. The average molecular weight is 369 g/mol. The number of carbonyl (C=O) groups is 1. The van der Waals surface area contributed by atoms with Crippen molar-refractivity contribution in [3.05, 3.63) is 89.9 Å². The van der Waals surface area contributed by atoms with Gasteiger partial charge >= 0.3 is 5.97 Å². The molecule has 0 amide bonds. The van der Waals surface area contributed by atoms with Gasteiger partial charge in [0.2, 0.25) is 0 Å². The number of rotatable bonds is 5. The number of fused-ring (bicyclic) bond motifs is 1. The Morgan fingerprint density at radius 3 is 2.64 bits per heavy atom. The van der Waals surface area contributed by atoms with Crippen molar-refractivity contribution in [2.24, 2.45) is 0 Å². The lowest BCUT2D eigenvalue weighted by molar-refractivity contribution is 0.0469. The molecule has 2 heterocycles. The van der Waals surface area contributed by atoms with Gasteiger partial charge in [-0.25, -0.2) is 9.48 Å². The maximum Gasteiger partial charge on any atom is 0.339 e. The second kappa shape index (κ2) is 6.93. The highest BCUT2D eigenvalue weighted by Crippen LogP contribution is 2.40. The van der Waals surface area contributed by atoms with Crippen molar-refractivity contribution < 1.29 is 9.53 Å². The summed E-state index contributed by atoms with van der Waals surface area (Å²) in [6.07, 6.45) is 4.14. The topological polar surface area (TPSA) is 57.0 Å². The van der Waals surface area contributed by atoms with E-state index in [4.69, 9.17) is 9.72 Å². The molecule has 2 aromatic carbocycles. The van der Waals surface area contributed by atoms with E-state index in [1.165, 1.54) is 0 Å². The van der Waals surface area contributed by atoms with Crippen molar-refractivity contribution in [2.75, 3.05) is 0 Å². The number of para-hydroxylation sites is 2. The fraction of sp³-hybridized carbons (Fsp3) is 0.174. The molecule has 0 N–H and O–H groups in total. The van der Waals surface area contributed by atoms with Crippen LogP contribution in [0.2, 0.25) is 0 Å². The first-order valence-electron chi connectivity index (χ1n) is 9.45. The van der Waals surface area contributed by atoms with Gasteiger partial charge in [-0.05, 0) is 43.2 Å². The van der Waals surface area contributed by atoms with Crippen LogP contribution in [0.1, 0.15) is 40.5 Å². The lowest BCUT2D eigenvalue weighted by atomic mass is 10.1. The highest BCUT2D eigenvalue weighted by atomic mass is 16.5. The number of nitrogens with zero attached hydrogens (tertiary/aromatic N) is 3. The number of ether oxygens (including phenoxy) is 1. The zero-order valence-electron chi connectivity index (χ0n) is 15.3. The molecule has 5 rings (SSSR count). The van der Waals surface area contributed by atoms with Crippen LogP contribution in [0.3, 0.4) is 0 Å². The zero-order valence-corrected chi connectivity index (χ0v) is 15.3. The van der Waals surface area contributed by atoms with Gasteiger partial charge in [0.1, 0.15) is 12.3 Å². The Kier molecular flexibility index (Phi) is 4.13. The molecule has 138 valence electrons. The molecule has 28 heavy (non-hydrogen) atoms. The third-order valence-corrected chi connectivity index (χ3v) is 4.97. The van der Waals surface area contributed by atoms with Gasteiger partial charge < -0.3 is 4.74 Å². The van der Waals surface area contributed by atoms with E-state index in [9.17, 15) is 4.79 Å². The molecular weight excluding hydrogens is 350 g/mol. The highest BCUT2D eigenvalue weighted by Gasteiger charge is 2.27. The lowest BCUT2D eigenvalue weighted by Crippen LogP contribution is -2.08. The Labute approximate surface area is 162 Å². The van der Waals surface area contributed by atoms with E-state index < -0.39 is 0 Å². The molecule has 0 radical (unpaired) electrons. The minimum Gasteiger partial charge on any atom is -0.455 e. The van der Waals surface area contributed by atoms with Gasteiger partial charge in [0, 0.05) is 23.2 Å². The summed E-state index contributed by atoms with van der Waals surface area (Å²) >= 11 is 0. The predicted octanol–water partition coefficient (Wildman–Crippen LogP) is 4.65. The molecule has 0 aliphatic heterocycles. The number of benzene rings is 2. The molecule has 0 spiro atoms. The number of hydrogen-bond donors (Lipinski definition) is 0. The van der Waals surface area contributed by atoms with E-state index >= 15 is 0 Å². The standard InChI is InChI=1S/C23H19N3O2/c27-23(28-15-17-12-13-26(25-17)18-6-2-1-3-7-18)20-14-22(16-10-11-16)24-21-9-5-4-8-19(20)21/h1-9,12-14,16H,10-11,15H2. The summed E-state index contributed by atoms with van der Waals surface area (Å²) in [6.45, 7) is 0.133. The Hall–Kier alpha value is -3.47. The SMILES string of the molecule is O=C(OCc1ccn(-c2ccccc2)n1)c1cc(C2CC2)nc2ccccc12. The Balaban J connectivity index is 1.37. The molecule has 1 aliphatic rings. The van der Waals surface area contributed by atoms with Crippen LogP contribution in [0.15, 0.2) is 72.9 Å². The summed E-state index contributed by atoms with van der Waals surface area (Å²) in [5, 5.41) is 5.32. The molecule has 0 saturated heterocycles. The number of pyridine rings is 1. The van der Waals surface area contributed by atoms with Crippen molar-refractivity contribution >= 4 is 16.9 Å². The Morgan fingerprint density at radius 2 is 1.82 bits per heavy atom. The minimum absolute atomic E-state index is 0.133. The molecule has 2 aromatic heterocycles. The van der Waals surface area contributed by atoms with Crippen LogP contribution in [0, 0.1) is 0 Å². The van der Waals surface area contributed by atoms with Crippen LogP contribution in [0.5, 0.6) is 0 Å². The summed E-state index contributed by atoms with van der Waals surface area (Å²) in [5.41, 5.74) is 4.08. The first-order chi connectivity index (χ1) is 13.8. The van der Waals surface area contributed by atoms with E-state index in [0.29, 0.717) is 17.2 Å². The predicted molar refractivity (Wildman–Crippen MR) is 106 cm³/mol. The van der Waals surface area contributed by atoms with Crippen molar-refractivity contribution in [3.63, 3.8) is 0 Å². The second-order valence-corrected chi connectivity index (χ2v) is 7.05. The van der Waals surface area contributed by atoms with E-state index in [2.05, 4.69) is 5.10 Å². The van der Waals surface area contributed by atoms with Gasteiger partial charge in [0.15, 0.2) is 0 Å². The normalized spacial score (nSPS) is 13.6. The number of aromatic nitrogens is 3. The van der Waals surface area contributed by atoms with Crippen molar-refractivity contribution in [1.29, 1.82) is 0 Å². The molecule has 4 aromatic rings. The van der Waals surface area contributed by atoms with E-state index in [-0.39, 0.29) is 12.6 Å². The van der Waals surface area contributed by atoms with E-state index in [0.717, 1.165) is 35.1 Å². The van der Waals surface area contributed by atoms with Crippen LogP contribution in [-0.4, -0.2) is 20.7 Å². The van der Waals surface area contributed by atoms with Crippen LogP contribution in [-0.2, 0) is 11.3 Å². The van der Waals surface area contributed by atoms with E-state index in [1.54, 1.807) is 4.68 Å². The van der Waals surface area contributed by atoms with Crippen LogP contribution in [0.25, 0.3) is 16.6 Å². The zero-order chi connectivity index (χ0) is 18.9. The third-order valence-electron chi connectivity index (χ3n) is 4.97. The average Bonchev–Trinajstić information content (AvgIpc) is 3.49. The van der Waals surface area contributed by atoms with Gasteiger partial charge in [-0.15, -0.1) is 0 Å². The number of hydrogen-bond acceptors (Lipinski definition) is 4. The molecule has 5 heteroatoms. The molecule has 1 aliphatic carbocycles. The molecule has 0 unspecified atom stereocenters. The second-order valence-electron chi connectivity index (χ2n) is 7.05. The van der Waals surface area contributed by atoms with Crippen LogP contribution < -0.4 is 0 Å². The minimum atomic E-state index is -0.338. The van der Waals surface area contributed by atoms with Crippen LogP contribution >= 0.6 is 0 Å². The molecular formula is C23H19N3O2. The third kappa shape index (κ3) is 3.27. The van der Waals surface area contributed by atoms with Gasteiger partial charge in [-0.1, -0.05) is 36.4 Å². The van der Waals surface area contributed by atoms with Crippen molar-refractivity contribution in [1.82, 2.24) is 14.8 Å². The van der Waals surface area contributed by atoms with Crippen molar-refractivity contribution in [2.45, 2.75) is 25.4 Å². The molecule has 1 saturated carbocycles. The van der Waals surface area contributed by atoms with E-state index in [1.807, 2.05) is 72.9 Å². The monoisotopic (exact) mass is 369 g/mol. The highest BCUT2D eigenvalue weighted by molar-refractivity contribution is 6.03. The molecule has 0 bridgehead atoms. The van der Waals surface area contributed by atoms with Crippen LogP contribution in [0.4, 0.5) is 0 Å². The maximum absolute atomic E-state index is 12.8. The summed E-state index contributed by atoms with van der Waals surface area (Å²) < 4.78 is 7.36. The summed E-state index contributed by atoms with van der Waals surface area (Å²) in [5.74, 6) is 0.132. The number of esters is 1.